The first-order valence-electron chi connectivity index (χ1n) is 6.40. The van der Waals surface area contributed by atoms with Gasteiger partial charge in [-0.3, -0.25) is 4.79 Å². The molecule has 0 bridgehead atoms. The van der Waals surface area contributed by atoms with Crippen LogP contribution in [0.15, 0.2) is 42.5 Å². The number of halogens is 1. The number of nitrogens with one attached hydrogen (secondary N) is 1. The van der Waals surface area contributed by atoms with Crippen LogP contribution in [0.2, 0.25) is 5.02 Å². The third-order valence-electron chi connectivity index (χ3n) is 3.18. The number of rotatable bonds is 3. The van der Waals surface area contributed by atoms with Crippen LogP contribution < -0.4 is 11.1 Å². The second kappa shape index (κ2) is 5.97. The van der Waals surface area contributed by atoms with Crippen LogP contribution in [0.5, 0.6) is 0 Å². The Hall–Kier alpha value is -2.00. The van der Waals surface area contributed by atoms with Gasteiger partial charge in [-0.25, -0.2) is 0 Å². The van der Waals surface area contributed by atoms with E-state index in [0.717, 1.165) is 11.1 Å². The quantitative estimate of drug-likeness (QED) is 0.846. The van der Waals surface area contributed by atoms with E-state index >= 15 is 0 Å². The third kappa shape index (κ3) is 3.31. The standard InChI is InChI=1S/C16H17ClN2O/c1-10-5-3-4-6-15(10)11(2)19-16(20)12-7-13(17)9-14(18)8-12/h3-9,11H,18H2,1-2H3,(H,19,20)/t11-/m0/s1. The fourth-order valence-electron chi connectivity index (χ4n) is 2.17. The van der Waals surface area contributed by atoms with Gasteiger partial charge in [0.05, 0.1) is 6.04 Å². The molecule has 0 aromatic heterocycles. The zero-order valence-electron chi connectivity index (χ0n) is 11.5. The van der Waals surface area contributed by atoms with Gasteiger partial charge in [0.25, 0.3) is 5.91 Å². The zero-order valence-corrected chi connectivity index (χ0v) is 12.2. The predicted molar refractivity (Wildman–Crippen MR) is 82.9 cm³/mol. The highest BCUT2D eigenvalue weighted by atomic mass is 35.5. The van der Waals surface area contributed by atoms with Crippen LogP contribution in [0.1, 0.15) is 34.5 Å². The first kappa shape index (κ1) is 14.4. The van der Waals surface area contributed by atoms with E-state index in [9.17, 15) is 4.79 Å². The summed E-state index contributed by atoms with van der Waals surface area (Å²) in [7, 11) is 0. The van der Waals surface area contributed by atoms with Gasteiger partial charge in [0.1, 0.15) is 0 Å². The van der Waals surface area contributed by atoms with E-state index in [4.69, 9.17) is 17.3 Å². The molecule has 0 saturated heterocycles. The second-order valence-corrected chi connectivity index (χ2v) is 5.26. The number of nitrogens with two attached hydrogens (primary N) is 1. The molecule has 0 aliphatic carbocycles. The predicted octanol–water partition coefficient (Wildman–Crippen LogP) is 3.72. The molecule has 0 radical (unpaired) electrons. The molecule has 2 rings (SSSR count). The Labute approximate surface area is 123 Å². The third-order valence-corrected chi connectivity index (χ3v) is 3.40. The lowest BCUT2D eigenvalue weighted by Gasteiger charge is -2.16. The molecule has 104 valence electrons. The number of nitrogen functional groups attached to an aromatic ring is 1. The van der Waals surface area contributed by atoms with Crippen LogP contribution in [-0.2, 0) is 0 Å². The van der Waals surface area contributed by atoms with Gasteiger partial charge in [0.15, 0.2) is 0 Å². The van der Waals surface area contributed by atoms with Crippen LogP contribution in [0.25, 0.3) is 0 Å². The fourth-order valence-corrected chi connectivity index (χ4v) is 2.42. The van der Waals surface area contributed by atoms with Crippen LogP contribution in [0, 0.1) is 6.92 Å². The van der Waals surface area contributed by atoms with Gasteiger partial charge in [-0.15, -0.1) is 0 Å². The molecular weight excluding hydrogens is 272 g/mol. The van der Waals surface area contributed by atoms with E-state index < -0.39 is 0 Å². The molecule has 4 heteroatoms. The number of carbonyl (C=O) groups is 1. The molecule has 3 N–H and O–H groups in total. The van der Waals surface area contributed by atoms with Gasteiger partial charge in [-0.05, 0) is 43.2 Å². The molecule has 2 aromatic rings. The minimum Gasteiger partial charge on any atom is -0.399 e. The SMILES string of the molecule is Cc1ccccc1[C@H](C)NC(=O)c1cc(N)cc(Cl)c1. The molecular formula is C16H17ClN2O. The number of aryl methyl sites for hydroxylation is 1. The van der Waals surface area contributed by atoms with Crippen molar-refractivity contribution in [1.82, 2.24) is 5.32 Å². The molecule has 0 saturated carbocycles. The lowest BCUT2D eigenvalue weighted by Crippen LogP contribution is -2.27. The Morgan fingerprint density at radius 3 is 2.60 bits per heavy atom. The number of hydrogen-bond acceptors (Lipinski definition) is 2. The normalized spacial score (nSPS) is 11.9. The van der Waals surface area contributed by atoms with Crippen molar-refractivity contribution >= 4 is 23.2 Å². The Bertz CT molecular complexity index is 620. The molecule has 0 unspecified atom stereocenters. The van der Waals surface area contributed by atoms with Crippen LogP contribution in [-0.4, -0.2) is 5.91 Å². The van der Waals surface area contributed by atoms with Crippen molar-refractivity contribution in [1.29, 1.82) is 0 Å². The summed E-state index contributed by atoms with van der Waals surface area (Å²) in [6, 6.07) is 12.7. The van der Waals surface area contributed by atoms with E-state index in [1.165, 1.54) is 0 Å². The van der Waals surface area contributed by atoms with Crippen molar-refractivity contribution in [3.8, 4) is 0 Å². The van der Waals surface area contributed by atoms with Crippen LogP contribution in [0.4, 0.5) is 5.69 Å². The molecule has 2 aromatic carbocycles. The van der Waals surface area contributed by atoms with E-state index in [-0.39, 0.29) is 11.9 Å². The van der Waals surface area contributed by atoms with Crippen molar-refractivity contribution < 1.29 is 4.79 Å². The monoisotopic (exact) mass is 288 g/mol. The molecule has 0 fully saturated rings. The van der Waals surface area contributed by atoms with Crippen molar-refractivity contribution in [3.63, 3.8) is 0 Å². The minimum atomic E-state index is -0.185. The number of carbonyl (C=O) groups excluding carboxylic acids is 1. The summed E-state index contributed by atoms with van der Waals surface area (Å²) in [4.78, 5) is 12.2. The highest BCUT2D eigenvalue weighted by Crippen LogP contribution is 2.20. The Balaban J connectivity index is 2.17. The summed E-state index contributed by atoms with van der Waals surface area (Å²) in [5.41, 5.74) is 8.88. The van der Waals surface area contributed by atoms with Gasteiger partial charge < -0.3 is 11.1 Å². The lowest BCUT2D eigenvalue weighted by molar-refractivity contribution is 0.0940. The van der Waals surface area contributed by atoms with E-state index in [0.29, 0.717) is 16.3 Å². The Morgan fingerprint density at radius 2 is 1.95 bits per heavy atom. The van der Waals surface area contributed by atoms with Crippen LogP contribution in [0.3, 0.4) is 0 Å². The second-order valence-electron chi connectivity index (χ2n) is 4.82. The zero-order chi connectivity index (χ0) is 14.7. The van der Waals surface area contributed by atoms with E-state index in [2.05, 4.69) is 5.32 Å². The summed E-state index contributed by atoms with van der Waals surface area (Å²) in [6.07, 6.45) is 0. The summed E-state index contributed by atoms with van der Waals surface area (Å²) in [5.74, 6) is -0.185. The van der Waals surface area contributed by atoms with Crippen molar-refractivity contribution in [2.24, 2.45) is 0 Å². The Morgan fingerprint density at radius 1 is 1.25 bits per heavy atom. The maximum absolute atomic E-state index is 12.2. The highest BCUT2D eigenvalue weighted by Gasteiger charge is 2.13. The van der Waals surface area contributed by atoms with E-state index in [1.807, 2.05) is 38.1 Å². The van der Waals surface area contributed by atoms with Crippen molar-refractivity contribution in [3.05, 3.63) is 64.2 Å². The fraction of sp³-hybridized carbons (Fsp3) is 0.188. The summed E-state index contributed by atoms with van der Waals surface area (Å²) < 4.78 is 0. The summed E-state index contributed by atoms with van der Waals surface area (Å²) >= 11 is 5.91. The van der Waals surface area contributed by atoms with Gasteiger partial charge >= 0.3 is 0 Å². The average molecular weight is 289 g/mol. The molecule has 0 heterocycles. The van der Waals surface area contributed by atoms with Crippen LogP contribution >= 0.6 is 11.6 Å². The molecule has 0 aliphatic heterocycles. The number of anilines is 1. The molecule has 0 aliphatic rings. The lowest BCUT2D eigenvalue weighted by atomic mass is 10.0. The molecule has 1 atom stereocenters. The number of benzene rings is 2. The number of hydrogen-bond donors (Lipinski definition) is 2. The molecule has 20 heavy (non-hydrogen) atoms. The summed E-state index contributed by atoms with van der Waals surface area (Å²) in [6.45, 7) is 3.98. The van der Waals surface area contributed by atoms with Crippen molar-refractivity contribution in [2.75, 3.05) is 5.73 Å². The molecule has 1 amide bonds. The molecule has 3 nitrogen and oxygen atoms in total. The summed E-state index contributed by atoms with van der Waals surface area (Å²) in [5, 5.41) is 3.41. The highest BCUT2D eigenvalue weighted by molar-refractivity contribution is 6.31. The maximum Gasteiger partial charge on any atom is 0.251 e. The van der Waals surface area contributed by atoms with Gasteiger partial charge in [-0.1, -0.05) is 35.9 Å². The van der Waals surface area contributed by atoms with Gasteiger partial charge in [0.2, 0.25) is 0 Å². The first-order valence-corrected chi connectivity index (χ1v) is 6.77. The van der Waals surface area contributed by atoms with Gasteiger partial charge in [0, 0.05) is 16.3 Å². The van der Waals surface area contributed by atoms with E-state index in [1.54, 1.807) is 18.2 Å². The van der Waals surface area contributed by atoms with Crippen molar-refractivity contribution in [2.45, 2.75) is 19.9 Å². The largest absolute Gasteiger partial charge is 0.399 e. The number of amides is 1. The molecule has 0 spiro atoms. The smallest absolute Gasteiger partial charge is 0.251 e. The maximum atomic E-state index is 12.2. The van der Waals surface area contributed by atoms with Gasteiger partial charge in [-0.2, -0.15) is 0 Å². The average Bonchev–Trinajstić information content (AvgIpc) is 2.37. The Kier molecular flexibility index (Phi) is 4.30. The topological polar surface area (TPSA) is 55.1 Å². The minimum absolute atomic E-state index is 0.0797. The first-order chi connectivity index (χ1) is 9.47.